The Labute approximate surface area is 161 Å². The molecule has 4 saturated carbocycles. The first-order chi connectivity index (χ1) is 12.9. The lowest BCUT2D eigenvalue weighted by atomic mass is 9.49. The smallest absolute Gasteiger partial charge is 0.226 e. The summed E-state index contributed by atoms with van der Waals surface area (Å²) >= 11 is 0. The molecule has 0 atom stereocenters. The van der Waals surface area contributed by atoms with Crippen LogP contribution in [0.15, 0.2) is 24.3 Å². The molecule has 4 aliphatic rings. The second-order valence-corrected chi connectivity index (χ2v) is 9.19. The SMILES string of the molecule is CN(C)c1ccc(NC(=O)CCNC(=O)C23CC4CC(CC(C4)C2)C3)cc1. The molecule has 5 heteroatoms. The topological polar surface area (TPSA) is 61.4 Å². The lowest BCUT2D eigenvalue weighted by molar-refractivity contribution is -0.146. The first-order valence-electron chi connectivity index (χ1n) is 10.3. The summed E-state index contributed by atoms with van der Waals surface area (Å²) in [7, 11) is 3.97. The van der Waals surface area contributed by atoms with Crippen molar-refractivity contribution in [1.82, 2.24) is 5.32 Å². The molecule has 4 aliphatic carbocycles. The standard InChI is InChI=1S/C22H31N3O2/c1-25(2)19-5-3-18(4-6-19)24-20(26)7-8-23-21(27)22-12-15-9-16(13-22)11-17(10-15)14-22/h3-6,15-17H,7-14H2,1-2H3,(H,23,27)(H,24,26). The number of carbonyl (C=O) groups is 2. The van der Waals surface area contributed by atoms with Crippen molar-refractivity contribution in [2.75, 3.05) is 30.9 Å². The predicted molar refractivity (Wildman–Crippen MR) is 108 cm³/mol. The molecule has 0 heterocycles. The van der Waals surface area contributed by atoms with E-state index in [9.17, 15) is 9.59 Å². The first-order valence-corrected chi connectivity index (χ1v) is 10.3. The van der Waals surface area contributed by atoms with Crippen LogP contribution in [0, 0.1) is 23.2 Å². The second-order valence-electron chi connectivity index (χ2n) is 9.19. The molecule has 0 aliphatic heterocycles. The summed E-state index contributed by atoms with van der Waals surface area (Å²) in [6.07, 6.45) is 7.51. The molecule has 1 aromatic rings. The number of hydrogen-bond acceptors (Lipinski definition) is 3. The van der Waals surface area contributed by atoms with Crippen molar-refractivity contribution in [2.24, 2.45) is 23.2 Å². The lowest BCUT2D eigenvalue weighted by Crippen LogP contribution is -2.53. The van der Waals surface area contributed by atoms with Crippen LogP contribution < -0.4 is 15.5 Å². The van der Waals surface area contributed by atoms with E-state index in [0.717, 1.165) is 48.4 Å². The van der Waals surface area contributed by atoms with Gasteiger partial charge < -0.3 is 15.5 Å². The molecule has 0 aromatic heterocycles. The van der Waals surface area contributed by atoms with Crippen molar-refractivity contribution < 1.29 is 9.59 Å². The molecular weight excluding hydrogens is 338 g/mol. The fraction of sp³-hybridized carbons (Fsp3) is 0.636. The summed E-state index contributed by atoms with van der Waals surface area (Å²) in [5.74, 6) is 2.42. The monoisotopic (exact) mass is 369 g/mol. The summed E-state index contributed by atoms with van der Waals surface area (Å²) in [6.45, 7) is 0.419. The molecule has 0 saturated heterocycles. The molecule has 4 bridgehead atoms. The predicted octanol–water partition coefficient (Wildman–Crippen LogP) is 3.41. The molecule has 0 spiro atoms. The van der Waals surface area contributed by atoms with Crippen LogP contribution in [0.4, 0.5) is 11.4 Å². The molecule has 146 valence electrons. The van der Waals surface area contributed by atoms with Crippen LogP contribution in [0.1, 0.15) is 44.9 Å². The van der Waals surface area contributed by atoms with Gasteiger partial charge in [0.05, 0.1) is 0 Å². The van der Waals surface area contributed by atoms with Gasteiger partial charge in [0.2, 0.25) is 11.8 Å². The van der Waals surface area contributed by atoms with E-state index in [1.807, 2.05) is 43.3 Å². The third kappa shape index (κ3) is 3.83. The van der Waals surface area contributed by atoms with Crippen molar-refractivity contribution in [1.29, 1.82) is 0 Å². The minimum absolute atomic E-state index is 0.0570. The van der Waals surface area contributed by atoms with Crippen LogP contribution in [0.25, 0.3) is 0 Å². The van der Waals surface area contributed by atoms with Gasteiger partial charge in [-0.25, -0.2) is 0 Å². The van der Waals surface area contributed by atoms with Crippen molar-refractivity contribution in [3.05, 3.63) is 24.3 Å². The van der Waals surface area contributed by atoms with Gasteiger partial charge in [-0.15, -0.1) is 0 Å². The van der Waals surface area contributed by atoms with Crippen LogP contribution in [0.5, 0.6) is 0 Å². The zero-order valence-corrected chi connectivity index (χ0v) is 16.5. The molecule has 2 amide bonds. The fourth-order valence-electron chi connectivity index (χ4n) is 5.93. The van der Waals surface area contributed by atoms with Crippen LogP contribution >= 0.6 is 0 Å². The third-order valence-corrected chi connectivity index (χ3v) is 6.82. The molecule has 27 heavy (non-hydrogen) atoms. The average Bonchev–Trinajstić information content (AvgIpc) is 2.61. The Kier molecular flexibility index (Phi) is 4.87. The van der Waals surface area contributed by atoms with Gasteiger partial charge in [0.1, 0.15) is 0 Å². The number of nitrogens with zero attached hydrogens (tertiary/aromatic N) is 1. The molecule has 1 aromatic carbocycles. The largest absolute Gasteiger partial charge is 0.378 e. The molecule has 5 rings (SSSR count). The maximum absolute atomic E-state index is 12.9. The summed E-state index contributed by atoms with van der Waals surface area (Å²) in [4.78, 5) is 27.1. The molecule has 2 N–H and O–H groups in total. The van der Waals surface area contributed by atoms with E-state index in [4.69, 9.17) is 0 Å². The lowest BCUT2D eigenvalue weighted by Gasteiger charge is -2.55. The molecule has 5 nitrogen and oxygen atoms in total. The third-order valence-electron chi connectivity index (χ3n) is 6.82. The number of anilines is 2. The highest BCUT2D eigenvalue weighted by atomic mass is 16.2. The van der Waals surface area contributed by atoms with Gasteiger partial charge in [-0.2, -0.15) is 0 Å². The molecule has 0 radical (unpaired) electrons. The van der Waals surface area contributed by atoms with Gasteiger partial charge in [-0.05, 0) is 80.5 Å². The van der Waals surface area contributed by atoms with Crippen molar-refractivity contribution >= 4 is 23.2 Å². The maximum Gasteiger partial charge on any atom is 0.226 e. The van der Waals surface area contributed by atoms with Crippen LogP contribution in [0.3, 0.4) is 0 Å². The fourth-order valence-corrected chi connectivity index (χ4v) is 5.93. The average molecular weight is 370 g/mol. The van der Waals surface area contributed by atoms with Gasteiger partial charge >= 0.3 is 0 Å². The van der Waals surface area contributed by atoms with Crippen LogP contribution in [0.2, 0.25) is 0 Å². The van der Waals surface area contributed by atoms with Gasteiger partial charge in [-0.1, -0.05) is 0 Å². The maximum atomic E-state index is 12.9. The Balaban J connectivity index is 1.25. The number of carbonyl (C=O) groups excluding carboxylic acids is 2. The summed E-state index contributed by atoms with van der Waals surface area (Å²) in [6, 6.07) is 7.76. The van der Waals surface area contributed by atoms with E-state index in [1.165, 1.54) is 19.3 Å². The first kappa shape index (κ1) is 18.3. The summed E-state index contributed by atoms with van der Waals surface area (Å²) in [5.41, 5.74) is 1.75. The van der Waals surface area contributed by atoms with Crippen LogP contribution in [-0.2, 0) is 9.59 Å². The zero-order chi connectivity index (χ0) is 19.0. The minimum atomic E-state index is -0.132. The summed E-state index contributed by atoms with van der Waals surface area (Å²) in [5, 5.41) is 5.98. The Morgan fingerprint density at radius 2 is 1.56 bits per heavy atom. The van der Waals surface area contributed by atoms with Crippen molar-refractivity contribution in [3.63, 3.8) is 0 Å². The number of amides is 2. The van der Waals surface area contributed by atoms with E-state index in [0.29, 0.717) is 13.0 Å². The van der Waals surface area contributed by atoms with E-state index in [2.05, 4.69) is 10.6 Å². The zero-order valence-electron chi connectivity index (χ0n) is 16.5. The molecule has 0 unspecified atom stereocenters. The van der Waals surface area contributed by atoms with E-state index >= 15 is 0 Å². The number of benzene rings is 1. The number of hydrogen-bond donors (Lipinski definition) is 2. The van der Waals surface area contributed by atoms with Gasteiger partial charge in [0, 0.05) is 43.9 Å². The minimum Gasteiger partial charge on any atom is -0.378 e. The van der Waals surface area contributed by atoms with Gasteiger partial charge in [0.15, 0.2) is 0 Å². The highest BCUT2D eigenvalue weighted by Crippen LogP contribution is 2.60. The second kappa shape index (κ2) is 7.17. The quantitative estimate of drug-likeness (QED) is 0.808. The number of nitrogens with one attached hydrogen (secondary N) is 2. The normalized spacial score (nSPS) is 30.8. The van der Waals surface area contributed by atoms with Gasteiger partial charge in [0.25, 0.3) is 0 Å². The summed E-state index contributed by atoms with van der Waals surface area (Å²) < 4.78 is 0. The van der Waals surface area contributed by atoms with E-state index in [1.54, 1.807) is 0 Å². The molecular formula is C22H31N3O2. The van der Waals surface area contributed by atoms with Crippen molar-refractivity contribution in [3.8, 4) is 0 Å². The van der Waals surface area contributed by atoms with Crippen LogP contribution in [-0.4, -0.2) is 32.5 Å². The number of rotatable bonds is 6. The highest BCUT2D eigenvalue weighted by Gasteiger charge is 2.54. The Morgan fingerprint density at radius 1 is 1.00 bits per heavy atom. The molecule has 4 fully saturated rings. The van der Waals surface area contributed by atoms with E-state index in [-0.39, 0.29) is 17.2 Å². The Bertz CT molecular complexity index is 675. The van der Waals surface area contributed by atoms with E-state index < -0.39 is 0 Å². The van der Waals surface area contributed by atoms with Gasteiger partial charge in [-0.3, -0.25) is 9.59 Å². The Hall–Kier alpha value is -2.04. The highest BCUT2D eigenvalue weighted by molar-refractivity contribution is 5.91. The van der Waals surface area contributed by atoms with Crippen molar-refractivity contribution in [2.45, 2.75) is 44.9 Å². The Morgan fingerprint density at radius 3 is 2.07 bits per heavy atom.